The molecule has 0 unspecified atom stereocenters. The summed E-state index contributed by atoms with van der Waals surface area (Å²) in [7, 11) is 1.61. The lowest BCUT2D eigenvalue weighted by Gasteiger charge is -2.36. The highest BCUT2D eigenvalue weighted by atomic mass is 16.5. The van der Waals surface area contributed by atoms with Crippen LogP contribution in [0.4, 0.5) is 0 Å². The number of ether oxygens (including phenoxy) is 2. The number of aromatic amines is 1. The summed E-state index contributed by atoms with van der Waals surface area (Å²) in [5, 5.41) is 17.6. The molecule has 7 heteroatoms. The predicted octanol–water partition coefficient (Wildman–Crippen LogP) is 2.78. The second kappa shape index (κ2) is 6.51. The average molecular weight is 385 g/mol. The SMILES string of the molecule is COc1ccc2c(c1)OC[C@]1(C(=O)O)CN(Cc3cc(C(C)(C)C)n[nH]3)C[C@H]21. The van der Waals surface area contributed by atoms with Gasteiger partial charge in [0, 0.05) is 48.3 Å². The number of aromatic nitrogens is 2. The number of aliphatic carboxylic acids is 1. The summed E-state index contributed by atoms with van der Waals surface area (Å²) in [6, 6.07) is 7.72. The highest BCUT2D eigenvalue weighted by molar-refractivity contribution is 5.78. The Morgan fingerprint density at radius 1 is 1.43 bits per heavy atom. The number of carbonyl (C=O) groups is 1. The second-order valence-corrected chi connectivity index (χ2v) is 8.90. The van der Waals surface area contributed by atoms with E-state index in [1.54, 1.807) is 7.11 Å². The number of hydrogen-bond donors (Lipinski definition) is 2. The Morgan fingerprint density at radius 3 is 2.86 bits per heavy atom. The van der Waals surface area contributed by atoms with Gasteiger partial charge in [0.25, 0.3) is 0 Å². The fourth-order valence-electron chi connectivity index (χ4n) is 4.28. The molecular weight excluding hydrogens is 358 g/mol. The van der Waals surface area contributed by atoms with Gasteiger partial charge in [-0.3, -0.25) is 14.8 Å². The third-order valence-electron chi connectivity index (χ3n) is 5.91. The molecular formula is C21H27N3O4. The van der Waals surface area contributed by atoms with Crippen molar-refractivity contribution in [2.45, 2.75) is 38.6 Å². The van der Waals surface area contributed by atoms with E-state index >= 15 is 0 Å². The zero-order chi connectivity index (χ0) is 20.1. The first-order valence-electron chi connectivity index (χ1n) is 9.54. The summed E-state index contributed by atoms with van der Waals surface area (Å²) < 4.78 is 11.2. The maximum Gasteiger partial charge on any atom is 0.315 e. The first-order chi connectivity index (χ1) is 13.2. The van der Waals surface area contributed by atoms with Crippen LogP contribution in [0.25, 0.3) is 0 Å². The smallest absolute Gasteiger partial charge is 0.315 e. The topological polar surface area (TPSA) is 87.7 Å². The molecule has 7 nitrogen and oxygen atoms in total. The van der Waals surface area contributed by atoms with Crippen molar-refractivity contribution >= 4 is 5.97 Å². The highest BCUT2D eigenvalue weighted by Crippen LogP contribution is 2.50. The second-order valence-electron chi connectivity index (χ2n) is 8.90. The zero-order valence-electron chi connectivity index (χ0n) is 16.8. The van der Waals surface area contributed by atoms with E-state index in [0.29, 0.717) is 25.4 Å². The van der Waals surface area contributed by atoms with Crippen LogP contribution in [-0.4, -0.2) is 53.0 Å². The van der Waals surface area contributed by atoms with Gasteiger partial charge >= 0.3 is 5.97 Å². The molecule has 1 aromatic heterocycles. The van der Waals surface area contributed by atoms with Crippen molar-refractivity contribution in [3.05, 3.63) is 41.2 Å². The summed E-state index contributed by atoms with van der Waals surface area (Å²) in [5.41, 5.74) is 1.99. The summed E-state index contributed by atoms with van der Waals surface area (Å²) in [6.45, 7) is 8.29. The molecule has 0 saturated carbocycles. The number of nitrogens with zero attached hydrogens (tertiary/aromatic N) is 2. The molecule has 4 rings (SSSR count). The van der Waals surface area contributed by atoms with Crippen molar-refractivity contribution < 1.29 is 19.4 Å². The molecule has 0 radical (unpaired) electrons. The molecule has 3 heterocycles. The van der Waals surface area contributed by atoms with E-state index in [0.717, 1.165) is 22.7 Å². The van der Waals surface area contributed by atoms with Crippen molar-refractivity contribution in [2.24, 2.45) is 5.41 Å². The third-order valence-corrected chi connectivity index (χ3v) is 5.91. The van der Waals surface area contributed by atoms with E-state index in [2.05, 4.69) is 41.9 Å². The number of rotatable bonds is 4. The summed E-state index contributed by atoms with van der Waals surface area (Å²) in [4.78, 5) is 14.5. The van der Waals surface area contributed by atoms with E-state index in [1.807, 2.05) is 18.2 Å². The fourth-order valence-corrected chi connectivity index (χ4v) is 4.28. The number of benzene rings is 1. The maximum absolute atomic E-state index is 12.3. The molecule has 2 N–H and O–H groups in total. The van der Waals surface area contributed by atoms with Crippen molar-refractivity contribution in [1.82, 2.24) is 15.1 Å². The number of fused-ring (bicyclic) bond motifs is 3. The van der Waals surface area contributed by atoms with Crippen LogP contribution in [0.3, 0.4) is 0 Å². The van der Waals surface area contributed by atoms with Crippen LogP contribution in [0.2, 0.25) is 0 Å². The average Bonchev–Trinajstić information content (AvgIpc) is 3.26. The molecule has 1 fully saturated rings. The summed E-state index contributed by atoms with van der Waals surface area (Å²) in [5.74, 6) is 0.509. The van der Waals surface area contributed by atoms with Crippen molar-refractivity contribution in [3.8, 4) is 11.5 Å². The van der Waals surface area contributed by atoms with Crippen LogP contribution in [0.5, 0.6) is 11.5 Å². The van der Waals surface area contributed by atoms with Crippen LogP contribution in [0.15, 0.2) is 24.3 Å². The first-order valence-corrected chi connectivity index (χ1v) is 9.54. The number of methoxy groups -OCH3 is 1. The van der Waals surface area contributed by atoms with Crippen molar-refractivity contribution in [1.29, 1.82) is 0 Å². The minimum Gasteiger partial charge on any atom is -0.497 e. The minimum atomic E-state index is -0.936. The van der Waals surface area contributed by atoms with Crippen LogP contribution in [0, 0.1) is 5.41 Å². The molecule has 1 saturated heterocycles. The largest absolute Gasteiger partial charge is 0.497 e. The minimum absolute atomic E-state index is 0.0259. The van der Waals surface area contributed by atoms with Gasteiger partial charge in [0.05, 0.1) is 12.8 Å². The molecule has 2 aliphatic heterocycles. The van der Waals surface area contributed by atoms with Gasteiger partial charge in [0.1, 0.15) is 23.5 Å². The summed E-state index contributed by atoms with van der Waals surface area (Å²) in [6.07, 6.45) is 0. The predicted molar refractivity (Wildman–Crippen MR) is 104 cm³/mol. The Bertz CT molecular complexity index is 901. The molecule has 2 aromatic rings. The standard InChI is InChI=1S/C21H27N3O4/c1-20(2,3)18-7-13(22-23-18)9-24-10-16-15-6-5-14(27-4)8-17(15)28-12-21(16,11-24)19(25)26/h5-8,16H,9-12H2,1-4H3,(H,22,23)(H,25,26)/t16-,21-/m1/s1. The number of hydrogen-bond acceptors (Lipinski definition) is 5. The summed E-state index contributed by atoms with van der Waals surface area (Å²) >= 11 is 0. The normalized spacial score (nSPS) is 24.4. The van der Waals surface area contributed by atoms with E-state index in [4.69, 9.17) is 9.47 Å². The Balaban J connectivity index is 1.61. The van der Waals surface area contributed by atoms with E-state index in [-0.39, 0.29) is 17.9 Å². The van der Waals surface area contributed by atoms with Gasteiger partial charge in [-0.05, 0) is 12.1 Å². The third kappa shape index (κ3) is 3.03. The Hall–Kier alpha value is -2.54. The quantitative estimate of drug-likeness (QED) is 0.842. The fraction of sp³-hybridized carbons (Fsp3) is 0.524. The first kappa shape index (κ1) is 18.8. The molecule has 2 aliphatic rings. The van der Waals surface area contributed by atoms with Gasteiger partial charge in [0.15, 0.2) is 0 Å². The van der Waals surface area contributed by atoms with Crippen molar-refractivity contribution in [3.63, 3.8) is 0 Å². The molecule has 1 aromatic carbocycles. The van der Waals surface area contributed by atoms with E-state index in [9.17, 15) is 9.90 Å². The lowest BCUT2D eigenvalue weighted by molar-refractivity contribution is -0.151. The van der Waals surface area contributed by atoms with Crippen LogP contribution in [-0.2, 0) is 16.8 Å². The van der Waals surface area contributed by atoms with E-state index < -0.39 is 11.4 Å². The van der Waals surface area contributed by atoms with E-state index in [1.165, 1.54) is 0 Å². The molecule has 2 atom stereocenters. The lowest BCUT2D eigenvalue weighted by atomic mass is 9.73. The van der Waals surface area contributed by atoms with Crippen LogP contribution < -0.4 is 9.47 Å². The van der Waals surface area contributed by atoms with Crippen LogP contribution in [0.1, 0.15) is 43.6 Å². The zero-order valence-corrected chi connectivity index (χ0v) is 16.8. The number of likely N-dealkylation sites (tertiary alicyclic amines) is 1. The molecule has 0 spiro atoms. The number of nitrogens with one attached hydrogen (secondary N) is 1. The molecule has 0 amide bonds. The molecule has 150 valence electrons. The molecule has 0 aliphatic carbocycles. The Morgan fingerprint density at radius 2 is 2.21 bits per heavy atom. The highest BCUT2D eigenvalue weighted by Gasteiger charge is 2.56. The molecule has 0 bridgehead atoms. The molecule has 28 heavy (non-hydrogen) atoms. The number of H-pyrrole nitrogens is 1. The van der Waals surface area contributed by atoms with Gasteiger partial charge in [0.2, 0.25) is 0 Å². The van der Waals surface area contributed by atoms with Gasteiger partial charge < -0.3 is 14.6 Å². The Labute approximate surface area is 164 Å². The lowest BCUT2D eigenvalue weighted by Crippen LogP contribution is -2.45. The van der Waals surface area contributed by atoms with Gasteiger partial charge in [-0.25, -0.2) is 0 Å². The maximum atomic E-state index is 12.3. The van der Waals surface area contributed by atoms with Gasteiger partial charge in [-0.1, -0.05) is 26.8 Å². The van der Waals surface area contributed by atoms with Crippen molar-refractivity contribution in [2.75, 3.05) is 26.8 Å². The van der Waals surface area contributed by atoms with Gasteiger partial charge in [-0.15, -0.1) is 0 Å². The number of carboxylic acid groups (broad SMARTS) is 1. The van der Waals surface area contributed by atoms with Gasteiger partial charge in [-0.2, -0.15) is 5.10 Å². The van der Waals surface area contributed by atoms with Crippen LogP contribution >= 0.6 is 0 Å². The Kier molecular flexibility index (Phi) is 4.38. The number of carboxylic acids is 1. The monoisotopic (exact) mass is 385 g/mol.